The van der Waals surface area contributed by atoms with Gasteiger partial charge in [-0.2, -0.15) is 0 Å². The lowest BCUT2D eigenvalue weighted by Crippen LogP contribution is -2.61. The molecule has 0 amide bonds. The molecule has 5 rings (SSSR count). The van der Waals surface area contributed by atoms with Crippen molar-refractivity contribution in [1.29, 1.82) is 0 Å². The third-order valence-corrected chi connectivity index (χ3v) is 7.48. The van der Waals surface area contributed by atoms with Gasteiger partial charge in [-0.3, -0.25) is 0 Å². The number of phenols is 3. The van der Waals surface area contributed by atoms with E-state index in [4.69, 9.17) is 23.7 Å². The zero-order valence-corrected chi connectivity index (χ0v) is 22.1. The molecule has 0 bridgehead atoms. The van der Waals surface area contributed by atoms with Crippen molar-refractivity contribution < 1.29 is 63.9 Å². The fourth-order valence-electron chi connectivity index (χ4n) is 5.36. The first kappa shape index (κ1) is 29.4. The number of hydrogen-bond acceptors (Lipinski definition) is 13. The minimum Gasteiger partial charge on any atom is -0.508 e. The summed E-state index contributed by atoms with van der Waals surface area (Å²) in [5.74, 6) is -3.88. The van der Waals surface area contributed by atoms with Crippen LogP contribution in [0.2, 0.25) is 0 Å². The molecular weight excluding hydrogens is 556 g/mol. The van der Waals surface area contributed by atoms with E-state index in [0.717, 1.165) is 6.07 Å². The van der Waals surface area contributed by atoms with Crippen molar-refractivity contribution in [2.45, 2.75) is 43.4 Å². The van der Waals surface area contributed by atoms with Gasteiger partial charge in [-0.1, -0.05) is 18.2 Å². The van der Waals surface area contributed by atoms with Crippen LogP contribution in [0, 0.1) is 11.8 Å². The summed E-state index contributed by atoms with van der Waals surface area (Å²) in [5.41, 5.74) is 0.119. The van der Waals surface area contributed by atoms with Crippen molar-refractivity contribution in [3.63, 3.8) is 0 Å². The Morgan fingerprint density at radius 2 is 1.86 bits per heavy atom. The lowest BCUT2D eigenvalue weighted by molar-refractivity contribution is -0.338. The molecular formula is C29H30O13. The molecule has 2 saturated heterocycles. The zero-order chi connectivity index (χ0) is 30.1. The summed E-state index contributed by atoms with van der Waals surface area (Å²) in [7, 11) is 0. The summed E-state index contributed by atoms with van der Waals surface area (Å²) < 4.78 is 27.9. The second kappa shape index (κ2) is 12.0. The van der Waals surface area contributed by atoms with E-state index in [9.17, 15) is 40.2 Å². The number of benzene rings is 2. The molecule has 0 radical (unpaired) electrons. The van der Waals surface area contributed by atoms with Crippen molar-refractivity contribution in [2.75, 3.05) is 13.2 Å². The van der Waals surface area contributed by atoms with Crippen molar-refractivity contribution in [1.82, 2.24) is 0 Å². The second-order valence-corrected chi connectivity index (χ2v) is 10.1. The largest absolute Gasteiger partial charge is 0.508 e. The fourth-order valence-corrected chi connectivity index (χ4v) is 5.36. The van der Waals surface area contributed by atoms with Gasteiger partial charge in [-0.05, 0) is 30.2 Å². The molecule has 3 aliphatic heterocycles. The Hall–Kier alpha value is -4.14. The minimum atomic E-state index is -1.82. The number of aliphatic hydroxyl groups is 3. The molecule has 13 heteroatoms. The van der Waals surface area contributed by atoms with E-state index in [-0.39, 0.29) is 35.2 Å². The molecule has 0 saturated carbocycles. The zero-order valence-electron chi connectivity index (χ0n) is 22.1. The highest BCUT2D eigenvalue weighted by Crippen LogP contribution is 2.40. The third-order valence-electron chi connectivity index (χ3n) is 7.48. The lowest BCUT2D eigenvalue weighted by Gasteiger charge is -2.44. The van der Waals surface area contributed by atoms with Gasteiger partial charge in [0, 0.05) is 23.5 Å². The van der Waals surface area contributed by atoms with Crippen LogP contribution in [-0.2, 0) is 28.5 Å². The Morgan fingerprint density at radius 1 is 1.07 bits per heavy atom. The number of aliphatic hydroxyl groups excluding tert-OH is 3. The number of cyclic esters (lactones) is 1. The molecule has 0 aliphatic carbocycles. The molecule has 5 unspecified atom stereocenters. The quantitative estimate of drug-likeness (QED) is 0.199. The van der Waals surface area contributed by atoms with Crippen LogP contribution in [0.25, 0.3) is 11.1 Å². The van der Waals surface area contributed by atoms with Crippen molar-refractivity contribution >= 4 is 11.9 Å². The smallest absolute Gasteiger partial charge is 0.343 e. The molecule has 0 spiro atoms. The normalized spacial score (nSPS) is 30.7. The van der Waals surface area contributed by atoms with Crippen molar-refractivity contribution in [3.05, 3.63) is 66.5 Å². The first-order chi connectivity index (χ1) is 20.1. The van der Waals surface area contributed by atoms with Crippen LogP contribution in [0.5, 0.6) is 17.2 Å². The van der Waals surface area contributed by atoms with Gasteiger partial charge in [0.25, 0.3) is 0 Å². The molecule has 2 fully saturated rings. The highest BCUT2D eigenvalue weighted by Gasteiger charge is 2.50. The number of esters is 2. The monoisotopic (exact) mass is 586 g/mol. The number of ether oxygens (including phenoxy) is 5. The van der Waals surface area contributed by atoms with Crippen molar-refractivity contribution in [2.24, 2.45) is 11.8 Å². The van der Waals surface area contributed by atoms with Crippen molar-refractivity contribution in [3.8, 4) is 28.4 Å². The van der Waals surface area contributed by atoms with Gasteiger partial charge in [-0.15, -0.1) is 6.58 Å². The summed E-state index contributed by atoms with van der Waals surface area (Å²) in [4.78, 5) is 25.7. The Balaban J connectivity index is 1.46. The molecule has 3 aliphatic rings. The number of rotatable bonds is 7. The molecule has 2 aromatic carbocycles. The molecule has 0 aromatic heterocycles. The summed E-state index contributed by atoms with van der Waals surface area (Å²) in [5, 5.41) is 61.9. The van der Waals surface area contributed by atoms with Gasteiger partial charge >= 0.3 is 11.9 Å². The molecule has 8 atom stereocenters. The number of hydrogen-bond donors (Lipinski definition) is 6. The first-order valence-corrected chi connectivity index (χ1v) is 13.1. The van der Waals surface area contributed by atoms with E-state index >= 15 is 0 Å². The fraction of sp³-hybridized carbons (Fsp3) is 0.379. The number of phenolic OH excluding ortho intramolecular Hbond substituents is 3. The van der Waals surface area contributed by atoms with E-state index < -0.39 is 72.8 Å². The van der Waals surface area contributed by atoms with Crippen LogP contribution in [0.4, 0.5) is 0 Å². The summed E-state index contributed by atoms with van der Waals surface area (Å²) in [6, 6.07) is 7.77. The Morgan fingerprint density at radius 3 is 2.57 bits per heavy atom. The minimum absolute atomic E-state index is 0.00458. The van der Waals surface area contributed by atoms with Gasteiger partial charge in [0.15, 0.2) is 6.10 Å². The Kier molecular flexibility index (Phi) is 8.38. The topological polar surface area (TPSA) is 202 Å². The van der Waals surface area contributed by atoms with E-state index in [0.29, 0.717) is 12.0 Å². The second-order valence-electron chi connectivity index (χ2n) is 10.1. The maximum Gasteiger partial charge on any atom is 0.343 e. The number of fused-ring (bicyclic) bond motifs is 1. The highest BCUT2D eigenvalue weighted by molar-refractivity contribution is 6.00. The Labute approximate surface area is 239 Å². The average Bonchev–Trinajstić information content (AvgIpc) is 2.96. The molecule has 6 N–H and O–H groups in total. The SMILES string of the molecule is C=C[C@H]1[C@H](OC2OC(CO)C(O)C(O)C2OC(=O)c2c(O)cc(O)cc2-c2cccc(O)c2)OC=C2C(=O)OCC[C@H]21. The standard InChI is InChI=1S/C29H30O13/c1-2-16-17-6-7-38-26(36)19(17)12-39-28(16)42-29-25(24(35)23(34)21(11-30)40-29)41-27(37)22-18(9-15(32)10-20(22)33)13-4-3-5-14(31)8-13/h2-5,8-10,12,16-17,21,23-25,28-35H,1,6-7,11H2/t16-,17+,21?,23?,24?,25?,28+,29?/m1/s1. The van der Waals surface area contributed by atoms with E-state index in [1.807, 2.05) is 0 Å². The van der Waals surface area contributed by atoms with E-state index in [1.54, 1.807) is 0 Å². The van der Waals surface area contributed by atoms with Crippen LogP contribution < -0.4 is 0 Å². The first-order valence-electron chi connectivity index (χ1n) is 13.1. The van der Waals surface area contributed by atoms with E-state index in [2.05, 4.69) is 6.58 Å². The number of carbonyl (C=O) groups excluding carboxylic acids is 2. The molecule has 42 heavy (non-hydrogen) atoms. The van der Waals surface area contributed by atoms with Crippen LogP contribution in [-0.4, -0.2) is 92.8 Å². The van der Waals surface area contributed by atoms with E-state index in [1.165, 1.54) is 42.7 Å². The predicted molar refractivity (Wildman–Crippen MR) is 141 cm³/mol. The summed E-state index contributed by atoms with van der Waals surface area (Å²) in [6.45, 7) is 3.27. The number of carbonyl (C=O) groups is 2. The van der Waals surface area contributed by atoms with Crippen LogP contribution >= 0.6 is 0 Å². The molecule has 3 heterocycles. The van der Waals surface area contributed by atoms with Gasteiger partial charge in [-0.25, -0.2) is 9.59 Å². The lowest BCUT2D eigenvalue weighted by atomic mass is 9.81. The van der Waals surface area contributed by atoms with Crippen LogP contribution in [0.15, 0.2) is 60.9 Å². The van der Waals surface area contributed by atoms with Crippen LogP contribution in [0.1, 0.15) is 16.8 Å². The predicted octanol–water partition coefficient (Wildman–Crippen LogP) is 1.06. The molecule has 224 valence electrons. The summed E-state index contributed by atoms with van der Waals surface area (Å²) >= 11 is 0. The highest BCUT2D eigenvalue weighted by atomic mass is 16.8. The maximum atomic E-state index is 13.5. The Bertz CT molecular complexity index is 1390. The number of aromatic hydroxyl groups is 3. The van der Waals surface area contributed by atoms with Gasteiger partial charge < -0.3 is 54.3 Å². The average molecular weight is 587 g/mol. The third kappa shape index (κ3) is 5.52. The summed E-state index contributed by atoms with van der Waals surface area (Å²) in [6.07, 6.45) is -6.13. The van der Waals surface area contributed by atoms with Crippen LogP contribution in [0.3, 0.4) is 0 Å². The molecule has 13 nitrogen and oxygen atoms in total. The molecule has 2 aromatic rings. The van der Waals surface area contributed by atoms with Gasteiger partial charge in [0.05, 0.1) is 25.0 Å². The van der Waals surface area contributed by atoms with Gasteiger partial charge in [0.1, 0.15) is 41.1 Å². The maximum absolute atomic E-state index is 13.5. The van der Waals surface area contributed by atoms with Gasteiger partial charge in [0.2, 0.25) is 12.6 Å².